The van der Waals surface area contributed by atoms with Crippen LogP contribution in [0.1, 0.15) is 286 Å². The maximum atomic E-state index is 13.7. The van der Waals surface area contributed by atoms with Gasteiger partial charge in [-0.05, 0) is 96.7 Å². The Kier molecular flexibility index (Phi) is 40.0. The molecular weight excluding hydrogens is 935 g/mol. The van der Waals surface area contributed by atoms with Gasteiger partial charge in [-0.25, -0.2) is 4.79 Å². The summed E-state index contributed by atoms with van der Waals surface area (Å²) in [6, 6.07) is 0. The molecule has 73 heavy (non-hydrogen) atoms. The first-order valence-corrected chi connectivity index (χ1v) is 31.2. The fraction of sp³-hybridized carbons (Fsp3) is 0.852. The van der Waals surface area contributed by atoms with Crippen LogP contribution in [0, 0.1) is 11.8 Å². The van der Waals surface area contributed by atoms with E-state index in [-0.39, 0.29) is 48.6 Å². The Morgan fingerprint density at radius 1 is 0.521 bits per heavy atom. The van der Waals surface area contributed by atoms with E-state index in [1.165, 1.54) is 140 Å². The van der Waals surface area contributed by atoms with Crippen molar-refractivity contribution in [2.75, 3.05) is 52.3 Å². The molecule has 1 N–H and O–H groups in total. The number of hydrogen-bond donors (Lipinski definition) is 1. The van der Waals surface area contributed by atoms with Crippen LogP contribution in [0.3, 0.4) is 0 Å². The molecule has 2 amide bonds. The second-order valence-corrected chi connectivity index (χ2v) is 22.8. The van der Waals surface area contributed by atoms with Crippen molar-refractivity contribution in [1.82, 2.24) is 9.80 Å². The van der Waals surface area contributed by atoms with Crippen LogP contribution < -0.4 is 5.32 Å². The number of amides is 2. The van der Waals surface area contributed by atoms with Gasteiger partial charge in [0.1, 0.15) is 5.00 Å². The smallest absolute Gasteiger partial charge is 0.341 e. The Bertz CT molecular complexity index is 1570. The Labute approximate surface area is 450 Å². The molecule has 11 nitrogen and oxygen atoms in total. The number of unbranched alkanes of at least 4 members (excludes halogenated alkanes) is 24. The van der Waals surface area contributed by atoms with Gasteiger partial charge in [0.25, 0.3) is 0 Å². The molecule has 422 valence electrons. The average Bonchev–Trinajstić information content (AvgIpc) is 3.74. The number of carbonyl (C=O) groups is 5. The van der Waals surface area contributed by atoms with E-state index in [1.54, 1.807) is 0 Å². The van der Waals surface area contributed by atoms with Crippen molar-refractivity contribution in [3.63, 3.8) is 0 Å². The summed E-state index contributed by atoms with van der Waals surface area (Å²) in [6.07, 6.45) is 39.1. The zero-order chi connectivity index (χ0) is 53.2. The summed E-state index contributed by atoms with van der Waals surface area (Å²) in [6.45, 7) is 11.7. The average molecular weight is 1040 g/mol. The van der Waals surface area contributed by atoms with Crippen molar-refractivity contribution in [3.8, 4) is 0 Å². The Morgan fingerprint density at radius 3 is 1.38 bits per heavy atom. The first-order valence-electron chi connectivity index (χ1n) is 30.4. The number of nitrogens with one attached hydrogen (secondary N) is 1. The first-order chi connectivity index (χ1) is 35.6. The van der Waals surface area contributed by atoms with E-state index in [9.17, 15) is 24.0 Å². The minimum atomic E-state index is -0.434. The van der Waals surface area contributed by atoms with E-state index in [2.05, 4.69) is 33.0 Å². The SMILES string of the molecule is CCCCCCCCC(CCCCCCCC)C(=O)OCCCCCC(=O)Nc1sc2c(c1C(=O)OCCCN(C)C)CCN(C(=O)CCCCCOC(=O)C(CCCCCCCC)CCCCCCCC)C2. The summed E-state index contributed by atoms with van der Waals surface area (Å²) < 4.78 is 17.4. The summed E-state index contributed by atoms with van der Waals surface area (Å²) in [7, 11) is 3.97. The molecule has 1 aromatic heterocycles. The largest absolute Gasteiger partial charge is 0.465 e. The molecule has 1 aliphatic heterocycles. The molecule has 2 rings (SSSR count). The maximum absolute atomic E-state index is 13.7. The lowest BCUT2D eigenvalue weighted by Crippen LogP contribution is -2.35. The second kappa shape index (κ2) is 44.2. The summed E-state index contributed by atoms with van der Waals surface area (Å²) >= 11 is 1.37. The van der Waals surface area contributed by atoms with Gasteiger partial charge in [-0.15, -0.1) is 11.3 Å². The van der Waals surface area contributed by atoms with Gasteiger partial charge in [-0.1, -0.05) is 182 Å². The van der Waals surface area contributed by atoms with Crippen LogP contribution >= 0.6 is 11.3 Å². The number of thiophene rings is 1. The molecular formula is C61H109N3O8S. The van der Waals surface area contributed by atoms with E-state index in [1.807, 2.05) is 23.9 Å². The summed E-state index contributed by atoms with van der Waals surface area (Å²) in [5, 5.41) is 3.54. The van der Waals surface area contributed by atoms with Gasteiger partial charge >= 0.3 is 17.9 Å². The van der Waals surface area contributed by atoms with Gasteiger partial charge in [-0.3, -0.25) is 19.2 Å². The van der Waals surface area contributed by atoms with Crippen molar-refractivity contribution in [1.29, 1.82) is 0 Å². The molecule has 0 saturated heterocycles. The number of nitrogens with zero attached hydrogens (tertiary/aromatic N) is 2. The van der Waals surface area contributed by atoms with Crippen molar-refractivity contribution < 1.29 is 38.2 Å². The quantitative estimate of drug-likeness (QED) is 0.0385. The van der Waals surface area contributed by atoms with E-state index < -0.39 is 5.97 Å². The number of carbonyl (C=O) groups excluding carboxylic acids is 5. The Morgan fingerprint density at radius 2 is 0.932 bits per heavy atom. The predicted octanol–water partition coefficient (Wildman–Crippen LogP) is 16.1. The number of hydrogen-bond acceptors (Lipinski definition) is 10. The summed E-state index contributed by atoms with van der Waals surface area (Å²) in [4.78, 5) is 71.8. The van der Waals surface area contributed by atoms with E-state index >= 15 is 0 Å². The van der Waals surface area contributed by atoms with E-state index in [0.29, 0.717) is 69.0 Å². The zero-order valence-electron chi connectivity index (χ0n) is 47.8. The van der Waals surface area contributed by atoms with Gasteiger partial charge in [0.15, 0.2) is 0 Å². The Balaban J connectivity index is 1.89. The molecule has 1 aliphatic rings. The standard InChI is InChI=1S/C61H109N3O8S/c1-7-11-15-19-23-29-38-51(39-30-24-20-16-12-8-2)59(67)70-47-35-27-33-42-55(65)62-58-57(61(69)72-49-37-45-63(5)6)53-44-46-64(50-54(53)73-58)56(66)43-34-28-36-48-71-60(68)52(40-31-25-21-17-13-9-3)41-32-26-22-18-14-10-4/h51-52H,7-50H2,1-6H3,(H,62,65). The second-order valence-electron chi connectivity index (χ2n) is 21.7. The van der Waals surface area contributed by atoms with Gasteiger partial charge in [0.05, 0.1) is 43.8 Å². The molecule has 0 fully saturated rings. The number of rotatable bonds is 48. The molecule has 0 radical (unpaired) electrons. The third-order valence-electron chi connectivity index (χ3n) is 14.7. The molecule has 0 unspecified atom stereocenters. The van der Waals surface area contributed by atoms with Crippen molar-refractivity contribution in [2.24, 2.45) is 11.8 Å². The van der Waals surface area contributed by atoms with Crippen molar-refractivity contribution >= 4 is 46.1 Å². The highest BCUT2D eigenvalue weighted by atomic mass is 32.1. The van der Waals surface area contributed by atoms with E-state index in [4.69, 9.17) is 14.2 Å². The van der Waals surface area contributed by atoms with Crippen LogP contribution in [-0.2, 0) is 46.4 Å². The highest BCUT2D eigenvalue weighted by molar-refractivity contribution is 7.17. The molecule has 0 atom stereocenters. The lowest BCUT2D eigenvalue weighted by atomic mass is 9.94. The molecule has 0 aliphatic carbocycles. The van der Waals surface area contributed by atoms with Crippen LogP contribution in [0.5, 0.6) is 0 Å². The monoisotopic (exact) mass is 1040 g/mol. The third kappa shape index (κ3) is 31.6. The fourth-order valence-electron chi connectivity index (χ4n) is 10.0. The van der Waals surface area contributed by atoms with Crippen LogP contribution in [0.4, 0.5) is 5.00 Å². The van der Waals surface area contributed by atoms with Crippen molar-refractivity contribution in [3.05, 3.63) is 16.0 Å². The van der Waals surface area contributed by atoms with Crippen LogP contribution in [0.15, 0.2) is 0 Å². The van der Waals surface area contributed by atoms with Crippen LogP contribution in [0.25, 0.3) is 0 Å². The zero-order valence-corrected chi connectivity index (χ0v) is 48.7. The molecule has 1 aromatic rings. The van der Waals surface area contributed by atoms with Crippen LogP contribution in [-0.4, -0.2) is 86.5 Å². The molecule has 12 heteroatoms. The number of anilines is 1. The highest BCUT2D eigenvalue weighted by Crippen LogP contribution is 2.38. The van der Waals surface area contributed by atoms with Gasteiger partial charge in [0, 0.05) is 30.8 Å². The van der Waals surface area contributed by atoms with Gasteiger partial charge < -0.3 is 29.3 Å². The third-order valence-corrected chi connectivity index (χ3v) is 15.8. The molecule has 0 spiro atoms. The minimum absolute atomic E-state index is 0.00840. The summed E-state index contributed by atoms with van der Waals surface area (Å²) in [5.41, 5.74) is 1.28. The molecule has 0 aromatic carbocycles. The first kappa shape index (κ1) is 66.1. The predicted molar refractivity (Wildman–Crippen MR) is 303 cm³/mol. The van der Waals surface area contributed by atoms with Crippen molar-refractivity contribution in [2.45, 2.75) is 278 Å². The van der Waals surface area contributed by atoms with Gasteiger partial charge in [0.2, 0.25) is 11.8 Å². The lowest BCUT2D eigenvalue weighted by Gasteiger charge is -2.27. The normalized spacial score (nSPS) is 12.5. The molecule has 2 heterocycles. The van der Waals surface area contributed by atoms with Crippen LogP contribution in [0.2, 0.25) is 0 Å². The maximum Gasteiger partial charge on any atom is 0.341 e. The molecule has 0 saturated carbocycles. The minimum Gasteiger partial charge on any atom is -0.465 e. The topological polar surface area (TPSA) is 132 Å². The fourth-order valence-corrected chi connectivity index (χ4v) is 11.3. The Hall–Kier alpha value is -2.99. The highest BCUT2D eigenvalue weighted by Gasteiger charge is 2.31. The van der Waals surface area contributed by atoms with E-state index in [0.717, 1.165) is 94.0 Å². The van der Waals surface area contributed by atoms with Gasteiger partial charge in [-0.2, -0.15) is 0 Å². The number of fused-ring (bicyclic) bond motifs is 1. The number of ether oxygens (including phenoxy) is 3. The molecule has 0 bridgehead atoms. The summed E-state index contributed by atoms with van der Waals surface area (Å²) in [5.74, 6) is -0.657. The lowest BCUT2D eigenvalue weighted by molar-refractivity contribution is -0.150. The number of esters is 3.